The number of carbonyl (C=O) groups is 4. The van der Waals surface area contributed by atoms with Crippen LogP contribution in [-0.4, -0.2) is 48.7 Å². The number of ether oxygens (including phenoxy) is 3. The van der Waals surface area contributed by atoms with E-state index >= 15 is 0 Å². The molecule has 30 heavy (non-hydrogen) atoms. The Balaban J connectivity index is 2.10. The highest BCUT2D eigenvalue weighted by Crippen LogP contribution is 2.18. The van der Waals surface area contributed by atoms with Crippen LogP contribution in [0.5, 0.6) is 5.75 Å². The summed E-state index contributed by atoms with van der Waals surface area (Å²) in [6.45, 7) is 2.95. The van der Waals surface area contributed by atoms with Gasteiger partial charge in [0, 0.05) is 5.69 Å². The summed E-state index contributed by atoms with van der Waals surface area (Å²) in [7, 11) is 0. The summed E-state index contributed by atoms with van der Waals surface area (Å²) in [5.74, 6) is -2.78. The van der Waals surface area contributed by atoms with E-state index in [0.717, 1.165) is 0 Å². The lowest BCUT2D eigenvalue weighted by Crippen LogP contribution is -2.21. The molecule has 0 radical (unpaired) electrons. The van der Waals surface area contributed by atoms with Crippen molar-refractivity contribution in [3.05, 3.63) is 59.2 Å². The van der Waals surface area contributed by atoms with Crippen molar-refractivity contribution >= 4 is 29.5 Å². The predicted molar refractivity (Wildman–Crippen MR) is 105 cm³/mol. The highest BCUT2D eigenvalue weighted by molar-refractivity contribution is 6.00. The van der Waals surface area contributed by atoms with Gasteiger partial charge in [0.25, 0.3) is 5.91 Å². The number of phenolic OH excluding ortho intramolecular Hbond substituents is 1. The highest BCUT2D eigenvalue weighted by atomic mass is 16.5. The fourth-order valence-electron chi connectivity index (χ4n) is 2.37. The SMILES string of the molecule is CCOC(=O)c1cc(NC(=O)COC(=O)c2ccc(O)cc2)cc(C(=O)OCC)c1. The largest absolute Gasteiger partial charge is 0.508 e. The lowest BCUT2D eigenvalue weighted by atomic mass is 10.1. The molecule has 0 fully saturated rings. The van der Waals surface area contributed by atoms with Gasteiger partial charge in [0.2, 0.25) is 0 Å². The quantitative estimate of drug-likeness (QED) is 0.497. The molecule has 0 spiro atoms. The van der Waals surface area contributed by atoms with Crippen LogP contribution in [0.4, 0.5) is 5.69 Å². The Labute approximate surface area is 172 Å². The van der Waals surface area contributed by atoms with Crippen LogP contribution in [-0.2, 0) is 19.0 Å². The molecule has 0 saturated carbocycles. The molecular formula is C21H21NO8. The predicted octanol–water partition coefficient (Wildman–Crippen LogP) is 2.54. The summed E-state index contributed by atoms with van der Waals surface area (Å²) in [4.78, 5) is 48.2. The number of amides is 1. The van der Waals surface area contributed by atoms with Crippen LogP contribution in [0.1, 0.15) is 44.9 Å². The Morgan fingerprint density at radius 3 is 1.77 bits per heavy atom. The van der Waals surface area contributed by atoms with Crippen molar-refractivity contribution in [2.75, 3.05) is 25.1 Å². The third-order valence-corrected chi connectivity index (χ3v) is 3.68. The van der Waals surface area contributed by atoms with Crippen LogP contribution in [0.15, 0.2) is 42.5 Å². The summed E-state index contributed by atoms with van der Waals surface area (Å²) in [6.07, 6.45) is 0. The average Bonchev–Trinajstić information content (AvgIpc) is 2.72. The van der Waals surface area contributed by atoms with Crippen LogP contribution >= 0.6 is 0 Å². The first-order chi connectivity index (χ1) is 14.3. The minimum absolute atomic E-state index is 0.0109. The minimum atomic E-state index is -0.752. The van der Waals surface area contributed by atoms with Crippen LogP contribution in [0.25, 0.3) is 0 Å². The van der Waals surface area contributed by atoms with E-state index in [0.29, 0.717) is 0 Å². The molecule has 2 aromatic rings. The van der Waals surface area contributed by atoms with Crippen LogP contribution in [0.2, 0.25) is 0 Å². The zero-order valence-corrected chi connectivity index (χ0v) is 16.5. The molecule has 2 rings (SSSR count). The van der Waals surface area contributed by atoms with Crippen LogP contribution < -0.4 is 5.32 Å². The van der Waals surface area contributed by atoms with E-state index in [1.54, 1.807) is 13.8 Å². The van der Waals surface area contributed by atoms with Crippen LogP contribution in [0, 0.1) is 0 Å². The fraction of sp³-hybridized carbons (Fsp3) is 0.238. The molecule has 158 valence electrons. The Kier molecular flexibility index (Phi) is 7.92. The van der Waals surface area contributed by atoms with Crippen molar-refractivity contribution in [1.82, 2.24) is 0 Å². The van der Waals surface area contributed by atoms with Gasteiger partial charge in [0.05, 0.1) is 29.9 Å². The third kappa shape index (κ3) is 6.33. The van der Waals surface area contributed by atoms with Crippen molar-refractivity contribution in [2.45, 2.75) is 13.8 Å². The molecule has 0 saturated heterocycles. The Morgan fingerprint density at radius 2 is 1.27 bits per heavy atom. The molecular weight excluding hydrogens is 394 g/mol. The van der Waals surface area contributed by atoms with Gasteiger partial charge in [-0.2, -0.15) is 0 Å². The fourth-order valence-corrected chi connectivity index (χ4v) is 2.37. The molecule has 0 aromatic heterocycles. The second-order valence-electron chi connectivity index (χ2n) is 5.91. The molecule has 9 nitrogen and oxygen atoms in total. The molecule has 1 amide bonds. The molecule has 9 heteroatoms. The van der Waals surface area contributed by atoms with E-state index in [9.17, 15) is 24.3 Å². The smallest absolute Gasteiger partial charge is 0.338 e. The van der Waals surface area contributed by atoms with E-state index in [4.69, 9.17) is 14.2 Å². The highest BCUT2D eigenvalue weighted by Gasteiger charge is 2.16. The maximum Gasteiger partial charge on any atom is 0.338 e. The Morgan fingerprint density at radius 1 is 0.767 bits per heavy atom. The number of aromatic hydroxyl groups is 1. The number of benzene rings is 2. The average molecular weight is 415 g/mol. The van der Waals surface area contributed by atoms with Gasteiger partial charge in [-0.25, -0.2) is 14.4 Å². The van der Waals surface area contributed by atoms with Gasteiger partial charge in [-0.15, -0.1) is 0 Å². The molecule has 0 bridgehead atoms. The molecule has 0 heterocycles. The number of anilines is 1. The lowest BCUT2D eigenvalue weighted by molar-refractivity contribution is -0.119. The second kappa shape index (κ2) is 10.6. The number of carbonyl (C=O) groups excluding carboxylic acids is 4. The zero-order chi connectivity index (χ0) is 22.1. The van der Waals surface area contributed by atoms with Crippen LogP contribution in [0.3, 0.4) is 0 Å². The van der Waals surface area contributed by atoms with Gasteiger partial charge < -0.3 is 24.6 Å². The molecule has 0 unspecified atom stereocenters. The second-order valence-corrected chi connectivity index (χ2v) is 5.91. The summed E-state index contributed by atoms with van der Waals surface area (Å²) in [6, 6.07) is 9.30. The van der Waals surface area contributed by atoms with Crippen molar-refractivity contribution in [3.63, 3.8) is 0 Å². The standard InChI is InChI=1S/C21H21NO8/c1-3-28-20(26)14-9-15(21(27)29-4-2)11-16(10-14)22-18(24)12-30-19(25)13-5-7-17(23)8-6-13/h5-11,23H,3-4,12H2,1-2H3,(H,22,24). The number of rotatable bonds is 8. The van der Waals surface area contributed by atoms with Crippen molar-refractivity contribution in [3.8, 4) is 5.75 Å². The van der Waals surface area contributed by atoms with Crippen molar-refractivity contribution < 1.29 is 38.5 Å². The Hall–Kier alpha value is -3.88. The molecule has 0 aliphatic rings. The van der Waals surface area contributed by atoms with Gasteiger partial charge in [0.1, 0.15) is 5.75 Å². The summed E-state index contributed by atoms with van der Waals surface area (Å²) in [5, 5.41) is 11.7. The van der Waals surface area contributed by atoms with E-state index in [1.807, 2.05) is 0 Å². The van der Waals surface area contributed by atoms with E-state index in [-0.39, 0.29) is 41.3 Å². The first kappa shape index (κ1) is 22.4. The van der Waals surface area contributed by atoms with E-state index < -0.39 is 30.4 Å². The monoisotopic (exact) mass is 415 g/mol. The topological polar surface area (TPSA) is 128 Å². The van der Waals surface area contributed by atoms with Crippen molar-refractivity contribution in [2.24, 2.45) is 0 Å². The molecule has 2 aromatic carbocycles. The summed E-state index contributed by atoms with van der Waals surface area (Å²) in [5.41, 5.74) is 0.404. The molecule has 0 aliphatic heterocycles. The summed E-state index contributed by atoms with van der Waals surface area (Å²) < 4.78 is 14.8. The number of nitrogens with one attached hydrogen (secondary N) is 1. The lowest BCUT2D eigenvalue weighted by Gasteiger charge is -2.11. The first-order valence-corrected chi connectivity index (χ1v) is 9.09. The van der Waals surface area contributed by atoms with Gasteiger partial charge in [0.15, 0.2) is 6.61 Å². The number of esters is 3. The molecule has 2 N–H and O–H groups in total. The van der Waals surface area contributed by atoms with E-state index in [1.165, 1.54) is 42.5 Å². The normalized spacial score (nSPS) is 10.1. The molecule has 0 atom stereocenters. The summed E-state index contributed by atoms with van der Waals surface area (Å²) >= 11 is 0. The maximum atomic E-state index is 12.2. The third-order valence-electron chi connectivity index (χ3n) is 3.68. The zero-order valence-electron chi connectivity index (χ0n) is 16.5. The minimum Gasteiger partial charge on any atom is -0.508 e. The van der Waals surface area contributed by atoms with Gasteiger partial charge in [-0.3, -0.25) is 4.79 Å². The number of hydrogen-bond donors (Lipinski definition) is 2. The first-order valence-electron chi connectivity index (χ1n) is 9.09. The van der Waals surface area contributed by atoms with Gasteiger partial charge >= 0.3 is 17.9 Å². The van der Waals surface area contributed by atoms with Gasteiger partial charge in [-0.1, -0.05) is 0 Å². The number of phenols is 1. The van der Waals surface area contributed by atoms with Crippen molar-refractivity contribution in [1.29, 1.82) is 0 Å². The number of hydrogen-bond acceptors (Lipinski definition) is 8. The molecule has 0 aliphatic carbocycles. The van der Waals surface area contributed by atoms with E-state index in [2.05, 4.69) is 5.32 Å². The maximum absolute atomic E-state index is 12.2. The Bertz CT molecular complexity index is 900. The van der Waals surface area contributed by atoms with Gasteiger partial charge in [-0.05, 0) is 56.3 Å².